The topological polar surface area (TPSA) is 84.2 Å². The predicted octanol–water partition coefficient (Wildman–Crippen LogP) is 4.01. The summed E-state index contributed by atoms with van der Waals surface area (Å²) < 4.78 is 38.5. The van der Waals surface area contributed by atoms with Gasteiger partial charge in [0.2, 0.25) is 11.6 Å². The van der Waals surface area contributed by atoms with Crippen LogP contribution < -0.4 is 10.2 Å². The van der Waals surface area contributed by atoms with Gasteiger partial charge in [0.1, 0.15) is 6.33 Å². The van der Waals surface area contributed by atoms with Crippen molar-refractivity contribution in [1.29, 1.82) is 0 Å². The molecule has 1 aromatic heterocycles. The largest absolute Gasteiger partial charge is 0.416 e. The second kappa shape index (κ2) is 7.77. The van der Waals surface area contributed by atoms with Crippen molar-refractivity contribution in [3.63, 3.8) is 0 Å². The van der Waals surface area contributed by atoms with Gasteiger partial charge in [0.05, 0.1) is 10.5 Å². The van der Waals surface area contributed by atoms with Crippen LogP contribution in [0.15, 0.2) is 30.6 Å². The summed E-state index contributed by atoms with van der Waals surface area (Å²) in [5.74, 6) is 0.231. The molecule has 10 heteroatoms. The van der Waals surface area contributed by atoms with Gasteiger partial charge in [0, 0.05) is 19.6 Å². The molecule has 1 N–H and O–H groups in total. The SMILES string of the molecule is O=[N+]([O-])c1c(NCc2cccc(C(F)(F)F)c2)ncnc1N1CCCCC1. The van der Waals surface area contributed by atoms with E-state index in [0.717, 1.165) is 31.4 Å². The molecule has 0 spiro atoms. The Morgan fingerprint density at radius 1 is 1.19 bits per heavy atom. The number of alkyl halides is 3. The van der Waals surface area contributed by atoms with E-state index < -0.39 is 16.7 Å². The molecule has 0 unspecified atom stereocenters. The summed E-state index contributed by atoms with van der Waals surface area (Å²) in [6.45, 7) is 1.32. The molecular weight excluding hydrogens is 363 g/mol. The predicted molar refractivity (Wildman–Crippen MR) is 93.5 cm³/mol. The number of piperidine rings is 1. The molecule has 2 heterocycles. The Bertz CT molecular complexity index is 822. The number of anilines is 2. The molecule has 1 aromatic carbocycles. The standard InChI is InChI=1S/C17H18F3N5O2/c18-17(19,20)13-6-4-5-12(9-13)10-21-15-14(25(26)27)16(23-11-22-15)24-7-2-1-3-8-24/h4-6,9,11H,1-3,7-8,10H2,(H,21,22,23). The maximum absolute atomic E-state index is 12.8. The minimum absolute atomic E-state index is 0.00650. The number of aromatic nitrogens is 2. The van der Waals surface area contributed by atoms with Gasteiger partial charge in [-0.1, -0.05) is 12.1 Å². The van der Waals surface area contributed by atoms with Crippen LogP contribution in [0.3, 0.4) is 0 Å². The van der Waals surface area contributed by atoms with Gasteiger partial charge >= 0.3 is 11.9 Å². The normalized spacial score (nSPS) is 14.9. The highest BCUT2D eigenvalue weighted by atomic mass is 19.4. The molecule has 1 fully saturated rings. The highest BCUT2D eigenvalue weighted by molar-refractivity contribution is 5.70. The van der Waals surface area contributed by atoms with E-state index >= 15 is 0 Å². The van der Waals surface area contributed by atoms with Gasteiger partial charge in [-0.3, -0.25) is 10.1 Å². The Morgan fingerprint density at radius 3 is 2.59 bits per heavy atom. The van der Waals surface area contributed by atoms with Crippen LogP contribution in [0.2, 0.25) is 0 Å². The maximum atomic E-state index is 12.8. The number of halogens is 3. The van der Waals surface area contributed by atoms with E-state index in [4.69, 9.17) is 0 Å². The van der Waals surface area contributed by atoms with Crippen LogP contribution in [0.25, 0.3) is 0 Å². The molecule has 1 saturated heterocycles. The average Bonchev–Trinajstić information content (AvgIpc) is 2.66. The summed E-state index contributed by atoms with van der Waals surface area (Å²) in [6, 6.07) is 4.80. The first-order chi connectivity index (χ1) is 12.9. The lowest BCUT2D eigenvalue weighted by Crippen LogP contribution is -2.31. The fraction of sp³-hybridized carbons (Fsp3) is 0.412. The molecule has 2 aromatic rings. The number of benzene rings is 1. The molecule has 3 rings (SSSR count). The summed E-state index contributed by atoms with van der Waals surface area (Å²) in [5.41, 5.74) is -0.684. The van der Waals surface area contributed by atoms with Crippen molar-refractivity contribution in [2.75, 3.05) is 23.3 Å². The Morgan fingerprint density at radius 2 is 1.93 bits per heavy atom. The number of rotatable bonds is 5. The van der Waals surface area contributed by atoms with Crippen LogP contribution in [0, 0.1) is 10.1 Å². The molecule has 0 atom stereocenters. The van der Waals surface area contributed by atoms with Gasteiger partial charge in [0.15, 0.2) is 0 Å². The summed E-state index contributed by atoms with van der Waals surface area (Å²) in [6.07, 6.45) is -0.303. The first kappa shape index (κ1) is 18.9. The van der Waals surface area contributed by atoms with E-state index in [9.17, 15) is 23.3 Å². The fourth-order valence-corrected chi connectivity index (χ4v) is 3.05. The van der Waals surface area contributed by atoms with Crippen molar-refractivity contribution in [3.8, 4) is 0 Å². The highest BCUT2D eigenvalue weighted by Gasteiger charge is 2.31. The van der Waals surface area contributed by atoms with Crippen molar-refractivity contribution in [2.24, 2.45) is 0 Å². The summed E-state index contributed by atoms with van der Waals surface area (Å²) in [5, 5.41) is 14.4. The first-order valence-electron chi connectivity index (χ1n) is 8.50. The first-order valence-corrected chi connectivity index (χ1v) is 8.50. The quantitative estimate of drug-likeness (QED) is 0.622. The third kappa shape index (κ3) is 4.44. The minimum atomic E-state index is -4.45. The van der Waals surface area contributed by atoms with Gasteiger partial charge in [-0.15, -0.1) is 0 Å². The van der Waals surface area contributed by atoms with E-state index in [-0.39, 0.29) is 23.9 Å². The molecule has 7 nitrogen and oxygen atoms in total. The Kier molecular flexibility index (Phi) is 5.43. The zero-order valence-corrected chi connectivity index (χ0v) is 14.4. The van der Waals surface area contributed by atoms with E-state index in [2.05, 4.69) is 15.3 Å². The number of nitro groups is 1. The van der Waals surface area contributed by atoms with E-state index in [1.807, 2.05) is 4.90 Å². The number of nitrogens with one attached hydrogen (secondary N) is 1. The fourth-order valence-electron chi connectivity index (χ4n) is 3.05. The van der Waals surface area contributed by atoms with Crippen LogP contribution in [-0.2, 0) is 12.7 Å². The Balaban J connectivity index is 1.84. The number of hydrogen-bond acceptors (Lipinski definition) is 6. The lowest BCUT2D eigenvalue weighted by molar-refractivity contribution is -0.383. The molecule has 0 saturated carbocycles. The summed E-state index contributed by atoms with van der Waals surface area (Å²) in [4.78, 5) is 20.9. The zero-order chi connectivity index (χ0) is 19.4. The van der Waals surface area contributed by atoms with Crippen LogP contribution in [0.4, 0.5) is 30.5 Å². The van der Waals surface area contributed by atoms with Crippen molar-refractivity contribution in [2.45, 2.75) is 32.0 Å². The lowest BCUT2D eigenvalue weighted by atomic mass is 10.1. The Labute approximate surface area is 153 Å². The molecule has 0 amide bonds. The molecule has 0 aliphatic carbocycles. The van der Waals surface area contributed by atoms with Gasteiger partial charge in [-0.2, -0.15) is 13.2 Å². The molecule has 1 aliphatic rings. The summed E-state index contributed by atoms with van der Waals surface area (Å²) in [7, 11) is 0. The van der Waals surface area contributed by atoms with Crippen molar-refractivity contribution in [1.82, 2.24) is 9.97 Å². The second-order valence-corrected chi connectivity index (χ2v) is 6.25. The zero-order valence-electron chi connectivity index (χ0n) is 14.4. The smallest absolute Gasteiger partial charge is 0.360 e. The van der Waals surface area contributed by atoms with Crippen molar-refractivity contribution >= 4 is 17.3 Å². The van der Waals surface area contributed by atoms with Gasteiger partial charge < -0.3 is 10.2 Å². The second-order valence-electron chi connectivity index (χ2n) is 6.25. The van der Waals surface area contributed by atoms with Crippen LogP contribution in [0.5, 0.6) is 0 Å². The monoisotopic (exact) mass is 381 g/mol. The summed E-state index contributed by atoms with van der Waals surface area (Å²) >= 11 is 0. The lowest BCUT2D eigenvalue weighted by Gasteiger charge is -2.27. The molecular formula is C17H18F3N5O2. The molecule has 1 aliphatic heterocycles. The maximum Gasteiger partial charge on any atom is 0.416 e. The molecule has 0 bridgehead atoms. The van der Waals surface area contributed by atoms with Gasteiger partial charge in [0.25, 0.3) is 0 Å². The average molecular weight is 381 g/mol. The van der Waals surface area contributed by atoms with Crippen molar-refractivity contribution in [3.05, 3.63) is 51.8 Å². The number of hydrogen-bond donors (Lipinski definition) is 1. The van der Waals surface area contributed by atoms with Gasteiger partial charge in [-0.05, 0) is 37.0 Å². The third-order valence-corrected chi connectivity index (χ3v) is 4.36. The van der Waals surface area contributed by atoms with Crippen LogP contribution in [0.1, 0.15) is 30.4 Å². The van der Waals surface area contributed by atoms with Crippen molar-refractivity contribution < 1.29 is 18.1 Å². The number of nitrogens with zero attached hydrogens (tertiary/aromatic N) is 4. The minimum Gasteiger partial charge on any atom is -0.360 e. The van der Waals surface area contributed by atoms with E-state index in [1.165, 1.54) is 18.5 Å². The molecule has 27 heavy (non-hydrogen) atoms. The van der Waals surface area contributed by atoms with E-state index in [0.29, 0.717) is 18.7 Å². The van der Waals surface area contributed by atoms with Gasteiger partial charge in [-0.25, -0.2) is 9.97 Å². The van der Waals surface area contributed by atoms with Crippen LogP contribution >= 0.6 is 0 Å². The third-order valence-electron chi connectivity index (χ3n) is 4.36. The van der Waals surface area contributed by atoms with Crippen LogP contribution in [-0.4, -0.2) is 28.0 Å². The molecule has 0 radical (unpaired) electrons. The molecule has 144 valence electrons. The highest BCUT2D eigenvalue weighted by Crippen LogP contribution is 2.34. The Hall–Kier alpha value is -2.91. The van der Waals surface area contributed by atoms with E-state index in [1.54, 1.807) is 0 Å².